The normalized spacial score (nSPS) is 22.1. The molecule has 1 aliphatic heterocycles. The molecule has 2 aliphatic rings. The van der Waals surface area contributed by atoms with Crippen LogP contribution < -0.4 is 10.6 Å². The monoisotopic (exact) mass is 475 g/mol. The number of furan rings is 1. The van der Waals surface area contributed by atoms with Crippen LogP contribution in [0.4, 0.5) is 24.0 Å². The summed E-state index contributed by atoms with van der Waals surface area (Å²) in [5.74, 6) is 0.297. The third kappa shape index (κ3) is 3.88. The number of nitrogens with zero attached hydrogens (tertiary/aromatic N) is 3. The maximum Gasteiger partial charge on any atom is 0.410 e. The molecule has 0 saturated heterocycles. The van der Waals surface area contributed by atoms with E-state index < -0.39 is 24.2 Å². The molecule has 1 aliphatic carbocycles. The molecule has 7 nitrogen and oxygen atoms in total. The quantitative estimate of drug-likeness (QED) is 0.525. The first-order valence-electron chi connectivity index (χ1n) is 10.6. The molecule has 172 valence electrons. The first kappa shape index (κ1) is 21.6. The number of hydrogen-bond acceptors (Lipinski definition) is 6. The highest BCUT2D eigenvalue weighted by Gasteiger charge is 2.47. The lowest BCUT2D eigenvalue weighted by Gasteiger charge is -2.32. The SMILES string of the molecule is C[C@H]1CCc2c(sc(NC(=O)c3cc4n(n3)[C@H](C(F)(F)F)C[C@@H](c3ccco3)N4)c2C#N)C1. The van der Waals surface area contributed by atoms with Crippen LogP contribution >= 0.6 is 11.3 Å². The zero-order chi connectivity index (χ0) is 23.3. The highest BCUT2D eigenvalue weighted by atomic mass is 32.1. The fourth-order valence-electron chi connectivity index (χ4n) is 4.48. The molecule has 11 heteroatoms. The molecule has 0 fully saturated rings. The minimum Gasteiger partial charge on any atom is -0.467 e. The predicted octanol–water partition coefficient (Wildman–Crippen LogP) is 5.45. The maximum atomic E-state index is 13.8. The fourth-order valence-corrected chi connectivity index (χ4v) is 5.84. The van der Waals surface area contributed by atoms with Crippen molar-refractivity contribution in [3.63, 3.8) is 0 Å². The number of carbonyl (C=O) groups is 1. The van der Waals surface area contributed by atoms with Crippen LogP contribution in [0.5, 0.6) is 0 Å². The van der Waals surface area contributed by atoms with E-state index in [1.165, 1.54) is 23.7 Å². The van der Waals surface area contributed by atoms with Crippen molar-refractivity contribution in [1.82, 2.24) is 9.78 Å². The lowest BCUT2D eigenvalue weighted by Crippen LogP contribution is -2.35. The van der Waals surface area contributed by atoms with E-state index in [2.05, 4.69) is 28.7 Å². The van der Waals surface area contributed by atoms with Gasteiger partial charge in [-0.3, -0.25) is 4.79 Å². The first-order chi connectivity index (χ1) is 15.7. The van der Waals surface area contributed by atoms with Gasteiger partial charge in [-0.2, -0.15) is 23.5 Å². The van der Waals surface area contributed by atoms with Gasteiger partial charge >= 0.3 is 6.18 Å². The van der Waals surface area contributed by atoms with Gasteiger partial charge < -0.3 is 15.1 Å². The van der Waals surface area contributed by atoms with E-state index in [0.29, 0.717) is 22.2 Å². The Bertz CT molecular complexity index is 1240. The van der Waals surface area contributed by atoms with Crippen LogP contribution in [-0.2, 0) is 12.8 Å². The van der Waals surface area contributed by atoms with Gasteiger partial charge in [0.2, 0.25) is 0 Å². The number of fused-ring (bicyclic) bond motifs is 2. The predicted molar refractivity (Wildman–Crippen MR) is 115 cm³/mol. The van der Waals surface area contributed by atoms with Gasteiger partial charge in [-0.05, 0) is 42.9 Å². The zero-order valence-corrected chi connectivity index (χ0v) is 18.4. The van der Waals surface area contributed by atoms with Crippen molar-refractivity contribution in [1.29, 1.82) is 5.26 Å². The second-order valence-electron chi connectivity index (χ2n) is 8.49. The van der Waals surface area contributed by atoms with E-state index in [0.717, 1.165) is 34.4 Å². The Morgan fingerprint density at radius 2 is 2.27 bits per heavy atom. The summed E-state index contributed by atoms with van der Waals surface area (Å²) >= 11 is 1.35. The Labute approximate surface area is 191 Å². The smallest absolute Gasteiger partial charge is 0.410 e. The molecular formula is C22H20F3N5O2S. The van der Waals surface area contributed by atoms with E-state index in [-0.39, 0.29) is 17.9 Å². The Morgan fingerprint density at radius 1 is 1.45 bits per heavy atom. The molecule has 5 rings (SSSR count). The Kier molecular flexibility index (Phi) is 5.20. The van der Waals surface area contributed by atoms with E-state index in [9.17, 15) is 23.2 Å². The van der Waals surface area contributed by atoms with Crippen molar-refractivity contribution in [3.8, 4) is 6.07 Å². The minimum absolute atomic E-state index is 0.0786. The third-order valence-electron chi connectivity index (χ3n) is 6.16. The maximum absolute atomic E-state index is 13.8. The number of anilines is 2. The molecule has 33 heavy (non-hydrogen) atoms. The average Bonchev–Trinajstić information content (AvgIpc) is 3.49. The largest absolute Gasteiger partial charge is 0.467 e. The second-order valence-corrected chi connectivity index (χ2v) is 9.59. The summed E-state index contributed by atoms with van der Waals surface area (Å²) in [5, 5.41) is 19.7. The number of nitrogens with one attached hydrogen (secondary N) is 2. The van der Waals surface area contributed by atoms with Crippen molar-refractivity contribution in [2.75, 3.05) is 10.6 Å². The second kappa shape index (κ2) is 7.95. The van der Waals surface area contributed by atoms with Crippen LogP contribution in [0.1, 0.15) is 64.1 Å². The van der Waals surface area contributed by atoms with E-state index in [4.69, 9.17) is 4.42 Å². The van der Waals surface area contributed by atoms with Crippen molar-refractivity contribution < 1.29 is 22.4 Å². The number of rotatable bonds is 3. The molecule has 2 N–H and O–H groups in total. The van der Waals surface area contributed by atoms with Crippen molar-refractivity contribution >= 4 is 28.1 Å². The number of halogens is 3. The third-order valence-corrected chi connectivity index (χ3v) is 7.33. The first-order valence-corrected chi connectivity index (χ1v) is 11.4. The summed E-state index contributed by atoms with van der Waals surface area (Å²) in [5.41, 5.74) is 1.24. The van der Waals surface area contributed by atoms with Gasteiger partial charge in [-0.1, -0.05) is 6.92 Å². The lowest BCUT2D eigenvalue weighted by atomic mass is 9.89. The van der Waals surface area contributed by atoms with Gasteiger partial charge in [0.25, 0.3) is 5.91 Å². The summed E-state index contributed by atoms with van der Waals surface area (Å²) in [6, 6.07) is 4.07. The molecule has 0 spiro atoms. The number of amides is 1. The van der Waals surface area contributed by atoms with Crippen LogP contribution in [0, 0.1) is 17.2 Å². The highest BCUT2D eigenvalue weighted by Crippen LogP contribution is 2.44. The standard InChI is InChI=1S/C22H20F3N5O2S/c1-11-4-5-12-13(10-26)21(33-17(12)7-11)28-20(31)15-9-19-27-14(16-3-2-6-32-16)8-18(22(23,24)25)30(19)29-15/h2-3,6,9,11,14,18,27H,4-5,7-8H2,1H3,(H,28,31)/t11-,14-,18-/m0/s1. The minimum atomic E-state index is -4.56. The Hall–Kier alpha value is -3.26. The molecule has 0 radical (unpaired) electrons. The van der Waals surface area contributed by atoms with Gasteiger partial charge in [-0.15, -0.1) is 11.3 Å². The lowest BCUT2D eigenvalue weighted by molar-refractivity contribution is -0.174. The number of nitriles is 1. The van der Waals surface area contributed by atoms with Crippen LogP contribution in [-0.4, -0.2) is 21.9 Å². The highest BCUT2D eigenvalue weighted by molar-refractivity contribution is 7.16. The fraction of sp³-hybridized carbons (Fsp3) is 0.409. The summed E-state index contributed by atoms with van der Waals surface area (Å²) < 4.78 is 47.5. The molecule has 0 saturated carbocycles. The summed E-state index contributed by atoms with van der Waals surface area (Å²) in [6.07, 6.45) is -0.885. The van der Waals surface area contributed by atoms with Crippen molar-refractivity contribution in [2.24, 2.45) is 5.92 Å². The van der Waals surface area contributed by atoms with Crippen LogP contribution in [0.2, 0.25) is 0 Å². The van der Waals surface area contributed by atoms with Gasteiger partial charge in [0.15, 0.2) is 11.7 Å². The molecule has 3 aromatic heterocycles. The summed E-state index contributed by atoms with van der Waals surface area (Å²) in [4.78, 5) is 14.0. The number of aromatic nitrogens is 2. The summed E-state index contributed by atoms with van der Waals surface area (Å²) in [7, 11) is 0. The molecule has 3 aromatic rings. The van der Waals surface area contributed by atoms with Crippen LogP contribution in [0.3, 0.4) is 0 Å². The molecular weight excluding hydrogens is 455 g/mol. The summed E-state index contributed by atoms with van der Waals surface area (Å²) in [6.45, 7) is 2.14. The molecule has 4 heterocycles. The van der Waals surface area contributed by atoms with Crippen LogP contribution in [0.25, 0.3) is 0 Å². The topological polar surface area (TPSA) is 95.9 Å². The van der Waals surface area contributed by atoms with E-state index >= 15 is 0 Å². The number of alkyl halides is 3. The number of hydrogen-bond donors (Lipinski definition) is 2. The van der Waals surface area contributed by atoms with Crippen molar-refractivity contribution in [3.05, 3.63) is 51.9 Å². The molecule has 0 aromatic carbocycles. The van der Waals surface area contributed by atoms with Gasteiger partial charge in [-0.25, -0.2) is 4.68 Å². The zero-order valence-electron chi connectivity index (χ0n) is 17.6. The van der Waals surface area contributed by atoms with E-state index in [1.807, 2.05) is 0 Å². The van der Waals surface area contributed by atoms with Gasteiger partial charge in [0.05, 0.1) is 17.9 Å². The van der Waals surface area contributed by atoms with Gasteiger partial charge in [0, 0.05) is 17.4 Å². The number of thiophene rings is 1. The molecule has 1 amide bonds. The average molecular weight is 475 g/mol. The van der Waals surface area contributed by atoms with Crippen molar-refractivity contribution in [2.45, 2.75) is 50.9 Å². The number of carbonyl (C=O) groups excluding carboxylic acids is 1. The molecule has 0 bridgehead atoms. The Balaban J connectivity index is 1.44. The van der Waals surface area contributed by atoms with Gasteiger partial charge in [0.1, 0.15) is 22.6 Å². The molecule has 3 atom stereocenters. The Morgan fingerprint density at radius 3 is 2.97 bits per heavy atom. The van der Waals surface area contributed by atoms with E-state index in [1.54, 1.807) is 12.1 Å². The molecule has 0 unspecified atom stereocenters. The van der Waals surface area contributed by atoms with Crippen LogP contribution in [0.15, 0.2) is 28.9 Å².